The first-order chi connectivity index (χ1) is 14.2. The molecule has 0 aromatic heterocycles. The van der Waals surface area contributed by atoms with Crippen LogP contribution in [0.1, 0.15) is 44.7 Å². The first-order valence-electron chi connectivity index (χ1n) is 10.7. The van der Waals surface area contributed by atoms with Crippen molar-refractivity contribution in [2.75, 3.05) is 29.4 Å². The van der Waals surface area contributed by atoms with Crippen molar-refractivity contribution in [2.24, 2.45) is 0 Å². The van der Waals surface area contributed by atoms with Crippen LogP contribution in [0.3, 0.4) is 0 Å². The molecule has 6 heteroatoms. The molecule has 164 valence electrons. The Morgan fingerprint density at radius 1 is 1.10 bits per heavy atom. The highest BCUT2D eigenvalue weighted by atomic mass is 19.3. The van der Waals surface area contributed by atoms with Crippen molar-refractivity contribution < 1.29 is 17.9 Å². The lowest BCUT2D eigenvalue weighted by atomic mass is 10.0. The summed E-state index contributed by atoms with van der Waals surface area (Å²) in [5.74, 6) is 0.0181. The minimum atomic E-state index is -3.20. The smallest absolute Gasteiger partial charge is 0.394 e. The molecule has 1 fully saturated rings. The third kappa shape index (κ3) is 5.21. The van der Waals surface area contributed by atoms with Gasteiger partial charge in [0.05, 0.1) is 5.69 Å². The second-order valence-corrected chi connectivity index (χ2v) is 8.18. The largest absolute Gasteiger partial charge is 0.433 e. The number of aryl methyl sites for hydroxylation is 1. The zero-order chi connectivity index (χ0) is 21.9. The van der Waals surface area contributed by atoms with E-state index in [2.05, 4.69) is 34.5 Å². The Morgan fingerprint density at radius 2 is 1.80 bits per heavy atom. The Bertz CT molecular complexity index is 849. The standard InChI is InChI=1S/C24H31F3N2O/c1-5-6-7-19-8-13-22(23(25)18(19)3)28-14-15-29(17(2)16-28)20-9-11-21(12-10-20)30-24(4,26)27/h8-13,17H,5-7,14-16H2,1-4H3. The molecule has 1 saturated heterocycles. The van der Waals surface area contributed by atoms with Crippen LogP contribution in [0.4, 0.5) is 24.5 Å². The van der Waals surface area contributed by atoms with Gasteiger partial charge in [-0.25, -0.2) is 4.39 Å². The van der Waals surface area contributed by atoms with Crippen molar-refractivity contribution in [1.82, 2.24) is 0 Å². The van der Waals surface area contributed by atoms with E-state index in [-0.39, 0.29) is 17.6 Å². The molecule has 1 heterocycles. The van der Waals surface area contributed by atoms with E-state index < -0.39 is 6.11 Å². The molecule has 0 amide bonds. The molecule has 1 aliphatic heterocycles. The Labute approximate surface area is 177 Å². The molecule has 1 atom stereocenters. The molecule has 0 N–H and O–H groups in total. The fourth-order valence-corrected chi connectivity index (χ4v) is 4.07. The predicted octanol–water partition coefficient (Wildman–Crippen LogP) is 6.18. The van der Waals surface area contributed by atoms with Gasteiger partial charge in [0.2, 0.25) is 0 Å². The van der Waals surface area contributed by atoms with Crippen LogP contribution in [0.2, 0.25) is 0 Å². The normalized spacial score (nSPS) is 17.4. The van der Waals surface area contributed by atoms with E-state index in [9.17, 15) is 8.78 Å². The zero-order valence-corrected chi connectivity index (χ0v) is 18.2. The second-order valence-electron chi connectivity index (χ2n) is 8.18. The number of nitrogens with zero attached hydrogens (tertiary/aromatic N) is 2. The van der Waals surface area contributed by atoms with Gasteiger partial charge in [-0.3, -0.25) is 0 Å². The van der Waals surface area contributed by atoms with Crippen LogP contribution in [-0.2, 0) is 6.42 Å². The van der Waals surface area contributed by atoms with Crippen LogP contribution in [0.5, 0.6) is 5.75 Å². The van der Waals surface area contributed by atoms with Crippen LogP contribution in [0.15, 0.2) is 36.4 Å². The van der Waals surface area contributed by atoms with E-state index in [0.29, 0.717) is 18.8 Å². The molecule has 0 radical (unpaired) electrons. The highest BCUT2D eigenvalue weighted by molar-refractivity contribution is 5.56. The maximum Gasteiger partial charge on any atom is 0.394 e. The summed E-state index contributed by atoms with van der Waals surface area (Å²) in [6, 6.07) is 10.8. The molecule has 3 nitrogen and oxygen atoms in total. The Kier molecular flexibility index (Phi) is 6.84. The van der Waals surface area contributed by atoms with Gasteiger partial charge < -0.3 is 14.5 Å². The van der Waals surface area contributed by atoms with Crippen LogP contribution >= 0.6 is 0 Å². The third-order valence-corrected chi connectivity index (χ3v) is 5.71. The Hall–Kier alpha value is -2.37. The number of hydrogen-bond donors (Lipinski definition) is 0. The van der Waals surface area contributed by atoms with Crippen molar-refractivity contribution in [3.63, 3.8) is 0 Å². The highest BCUT2D eigenvalue weighted by Crippen LogP contribution is 2.30. The summed E-state index contributed by atoms with van der Waals surface area (Å²) < 4.78 is 45.7. The van der Waals surface area contributed by atoms with Crippen LogP contribution in [0.25, 0.3) is 0 Å². The van der Waals surface area contributed by atoms with Gasteiger partial charge in [-0.2, -0.15) is 8.78 Å². The lowest BCUT2D eigenvalue weighted by Crippen LogP contribution is -2.52. The molecule has 30 heavy (non-hydrogen) atoms. The quantitative estimate of drug-likeness (QED) is 0.532. The summed E-state index contributed by atoms with van der Waals surface area (Å²) in [4.78, 5) is 4.31. The third-order valence-electron chi connectivity index (χ3n) is 5.71. The van der Waals surface area contributed by atoms with Gasteiger partial charge >= 0.3 is 6.11 Å². The molecule has 0 bridgehead atoms. The first-order valence-corrected chi connectivity index (χ1v) is 10.7. The summed E-state index contributed by atoms with van der Waals surface area (Å²) in [7, 11) is 0. The van der Waals surface area contributed by atoms with Gasteiger partial charge in [-0.05, 0) is 68.1 Å². The Balaban J connectivity index is 1.69. The summed E-state index contributed by atoms with van der Waals surface area (Å²) in [5, 5.41) is 0. The van der Waals surface area contributed by atoms with E-state index in [0.717, 1.165) is 49.5 Å². The topological polar surface area (TPSA) is 15.7 Å². The maximum absolute atomic E-state index is 15.1. The maximum atomic E-state index is 15.1. The van der Waals surface area contributed by atoms with Gasteiger partial charge in [0, 0.05) is 38.3 Å². The van der Waals surface area contributed by atoms with Gasteiger partial charge in [0.15, 0.2) is 0 Å². The monoisotopic (exact) mass is 420 g/mol. The molecular weight excluding hydrogens is 389 g/mol. The molecule has 0 saturated carbocycles. The molecule has 0 spiro atoms. The molecule has 2 aromatic carbocycles. The Morgan fingerprint density at radius 3 is 2.40 bits per heavy atom. The SMILES string of the molecule is CCCCc1ccc(N2CCN(c3ccc(OC(C)(F)F)cc3)C(C)C2)c(F)c1C. The number of ether oxygens (including phenoxy) is 1. The van der Waals surface area contributed by atoms with E-state index >= 15 is 4.39 Å². The zero-order valence-electron chi connectivity index (χ0n) is 18.2. The minimum absolute atomic E-state index is 0.119. The van der Waals surface area contributed by atoms with Crippen LogP contribution < -0.4 is 14.5 Å². The fourth-order valence-electron chi connectivity index (χ4n) is 4.07. The van der Waals surface area contributed by atoms with E-state index in [1.807, 2.05) is 13.0 Å². The first kappa shape index (κ1) is 22.3. The van der Waals surface area contributed by atoms with E-state index in [1.54, 1.807) is 24.3 Å². The summed E-state index contributed by atoms with van der Waals surface area (Å²) in [5.41, 5.74) is 3.44. The molecule has 1 unspecified atom stereocenters. The van der Waals surface area contributed by atoms with Crippen molar-refractivity contribution in [2.45, 2.75) is 59.1 Å². The number of halogens is 3. The highest BCUT2D eigenvalue weighted by Gasteiger charge is 2.27. The predicted molar refractivity (Wildman–Crippen MR) is 116 cm³/mol. The van der Waals surface area contributed by atoms with Gasteiger partial charge in [0.1, 0.15) is 11.6 Å². The molecular formula is C24H31F3N2O. The van der Waals surface area contributed by atoms with Gasteiger partial charge in [-0.15, -0.1) is 0 Å². The number of alkyl halides is 2. The molecule has 3 rings (SSSR count). The number of rotatable bonds is 7. The number of piperazine rings is 1. The molecule has 2 aromatic rings. The van der Waals surface area contributed by atoms with Gasteiger partial charge in [0.25, 0.3) is 0 Å². The fraction of sp³-hybridized carbons (Fsp3) is 0.500. The number of unbranched alkanes of at least 4 members (excludes halogenated alkanes) is 1. The van der Waals surface area contributed by atoms with E-state index in [1.165, 1.54) is 0 Å². The second kappa shape index (κ2) is 9.19. The van der Waals surface area contributed by atoms with Crippen LogP contribution in [-0.4, -0.2) is 31.8 Å². The average molecular weight is 421 g/mol. The van der Waals surface area contributed by atoms with E-state index in [4.69, 9.17) is 0 Å². The number of benzene rings is 2. The van der Waals surface area contributed by atoms with Crippen molar-refractivity contribution in [1.29, 1.82) is 0 Å². The lowest BCUT2D eigenvalue weighted by molar-refractivity contribution is -0.158. The summed E-state index contributed by atoms with van der Waals surface area (Å²) in [6.45, 7) is 8.93. The van der Waals surface area contributed by atoms with Crippen molar-refractivity contribution >= 4 is 11.4 Å². The molecule has 1 aliphatic rings. The lowest BCUT2D eigenvalue weighted by Gasteiger charge is -2.42. The molecule has 0 aliphatic carbocycles. The van der Waals surface area contributed by atoms with Crippen LogP contribution in [0, 0.1) is 12.7 Å². The van der Waals surface area contributed by atoms with Crippen molar-refractivity contribution in [3.05, 3.63) is 53.3 Å². The number of hydrogen-bond acceptors (Lipinski definition) is 3. The summed E-state index contributed by atoms with van der Waals surface area (Å²) in [6.07, 6.45) is -0.132. The minimum Gasteiger partial charge on any atom is -0.433 e. The van der Waals surface area contributed by atoms with Gasteiger partial charge in [-0.1, -0.05) is 19.4 Å². The van der Waals surface area contributed by atoms with Crippen molar-refractivity contribution in [3.8, 4) is 5.75 Å². The summed E-state index contributed by atoms with van der Waals surface area (Å²) >= 11 is 0. The number of anilines is 2. The average Bonchev–Trinajstić information content (AvgIpc) is 2.69.